The smallest absolute Gasteiger partial charge is 0.223 e. The summed E-state index contributed by atoms with van der Waals surface area (Å²) in [5.74, 6) is 0.201. The summed E-state index contributed by atoms with van der Waals surface area (Å²) in [5, 5.41) is 7.53. The molecule has 8 nitrogen and oxygen atoms in total. The molecule has 1 aliphatic heterocycles. The molecule has 2 saturated carbocycles. The first-order valence-electron chi connectivity index (χ1n) is 8.87. The maximum Gasteiger partial charge on any atom is 0.223 e. The van der Waals surface area contributed by atoms with Crippen LogP contribution in [0.5, 0.6) is 0 Å². The molecule has 5 atom stereocenters. The quantitative estimate of drug-likeness (QED) is 0.448. The van der Waals surface area contributed by atoms with Crippen molar-refractivity contribution in [2.24, 2.45) is 11.8 Å². The zero-order chi connectivity index (χ0) is 16.2. The first-order chi connectivity index (χ1) is 11.2. The molecular formula is C15H29N6O2+. The van der Waals surface area contributed by atoms with Crippen molar-refractivity contribution in [2.75, 3.05) is 6.67 Å². The average Bonchev–Trinajstić information content (AvgIpc) is 3.10. The number of hydrogen-bond donors (Lipinski definition) is 5. The first-order valence-corrected chi connectivity index (χ1v) is 8.87. The van der Waals surface area contributed by atoms with E-state index in [1.807, 2.05) is 6.92 Å². The number of carbonyl (C=O) groups is 1. The van der Waals surface area contributed by atoms with E-state index in [4.69, 9.17) is 0 Å². The topological polar surface area (TPSA) is 99.5 Å². The van der Waals surface area contributed by atoms with E-state index in [9.17, 15) is 9.70 Å². The summed E-state index contributed by atoms with van der Waals surface area (Å²) in [4.78, 5) is 23.7. The number of amides is 1. The van der Waals surface area contributed by atoms with Gasteiger partial charge in [-0.3, -0.25) is 4.79 Å². The third kappa shape index (κ3) is 3.88. The summed E-state index contributed by atoms with van der Waals surface area (Å²) < 4.78 is 0. The van der Waals surface area contributed by atoms with Crippen molar-refractivity contribution in [3.05, 3.63) is 4.91 Å². The molecule has 1 amide bonds. The van der Waals surface area contributed by atoms with Gasteiger partial charge in [-0.05, 0) is 43.7 Å². The minimum absolute atomic E-state index is 0.0381. The summed E-state index contributed by atoms with van der Waals surface area (Å²) in [7, 11) is 0. The SMILES string of the molecule is CC1C([NH+]=O)CCCC1C(=O)NC1CCCC(N2CNNN2)C1. The molecule has 3 aliphatic rings. The minimum Gasteiger partial charge on any atom is -0.353 e. The summed E-state index contributed by atoms with van der Waals surface area (Å²) in [6.45, 7) is 2.79. The average molecular weight is 325 g/mol. The Labute approximate surface area is 137 Å². The van der Waals surface area contributed by atoms with Gasteiger partial charge in [0.15, 0.2) is 0 Å². The normalized spacial score (nSPS) is 39.1. The minimum atomic E-state index is -0.0791. The number of rotatable bonds is 4. The van der Waals surface area contributed by atoms with Crippen molar-refractivity contribution in [3.8, 4) is 0 Å². The van der Waals surface area contributed by atoms with Crippen LogP contribution in [0.15, 0.2) is 0 Å². The lowest BCUT2D eigenvalue weighted by Gasteiger charge is -2.36. The van der Waals surface area contributed by atoms with Crippen LogP contribution in [0.25, 0.3) is 0 Å². The van der Waals surface area contributed by atoms with Gasteiger partial charge in [0.05, 0.1) is 6.67 Å². The first kappa shape index (κ1) is 16.8. The third-order valence-electron chi connectivity index (χ3n) is 5.76. The summed E-state index contributed by atoms with van der Waals surface area (Å²) in [5.41, 5.74) is 9.03. The van der Waals surface area contributed by atoms with Crippen LogP contribution in [-0.4, -0.2) is 35.7 Å². The molecule has 0 bridgehead atoms. The van der Waals surface area contributed by atoms with Crippen LogP contribution in [0.4, 0.5) is 0 Å². The monoisotopic (exact) mass is 325 g/mol. The molecular weight excluding hydrogens is 296 g/mol. The molecule has 1 heterocycles. The van der Waals surface area contributed by atoms with E-state index in [0.717, 1.165) is 51.6 Å². The molecule has 0 aromatic heterocycles. The van der Waals surface area contributed by atoms with E-state index in [0.29, 0.717) is 6.04 Å². The van der Waals surface area contributed by atoms with E-state index in [-0.39, 0.29) is 29.8 Å². The lowest BCUT2D eigenvalue weighted by Crippen LogP contribution is -2.76. The van der Waals surface area contributed by atoms with Gasteiger partial charge in [0, 0.05) is 35.2 Å². The second-order valence-electron chi connectivity index (χ2n) is 7.19. The van der Waals surface area contributed by atoms with Crippen LogP contribution in [0.1, 0.15) is 51.9 Å². The van der Waals surface area contributed by atoms with Crippen LogP contribution in [0.2, 0.25) is 0 Å². The van der Waals surface area contributed by atoms with Gasteiger partial charge >= 0.3 is 0 Å². The highest BCUT2D eigenvalue weighted by atomic mass is 16.3. The van der Waals surface area contributed by atoms with Crippen molar-refractivity contribution in [1.82, 2.24) is 26.8 Å². The highest BCUT2D eigenvalue weighted by Gasteiger charge is 2.39. The van der Waals surface area contributed by atoms with Gasteiger partial charge < -0.3 is 5.32 Å². The molecule has 2 aliphatic carbocycles. The van der Waals surface area contributed by atoms with Crippen LogP contribution in [0, 0.1) is 16.7 Å². The Kier molecular flexibility index (Phi) is 5.58. The number of hydrazine groups is 3. The Morgan fingerprint density at radius 1 is 1.22 bits per heavy atom. The molecule has 5 unspecified atom stereocenters. The number of hydrogen-bond acceptors (Lipinski definition) is 6. The van der Waals surface area contributed by atoms with E-state index < -0.39 is 0 Å². The molecule has 8 heteroatoms. The predicted octanol–water partition coefficient (Wildman–Crippen LogP) is -1.15. The second kappa shape index (κ2) is 7.65. The maximum absolute atomic E-state index is 12.7. The summed E-state index contributed by atoms with van der Waals surface area (Å²) in [6.07, 6.45) is 6.99. The molecule has 5 N–H and O–H groups in total. The van der Waals surface area contributed by atoms with Crippen LogP contribution in [0.3, 0.4) is 0 Å². The van der Waals surface area contributed by atoms with Crippen molar-refractivity contribution >= 4 is 5.91 Å². The molecule has 0 aromatic rings. The van der Waals surface area contributed by atoms with E-state index in [2.05, 4.69) is 32.0 Å². The van der Waals surface area contributed by atoms with Crippen molar-refractivity contribution in [1.29, 1.82) is 0 Å². The number of carbonyl (C=O) groups excluding carboxylic acids is 1. The molecule has 0 aromatic carbocycles. The Morgan fingerprint density at radius 2 is 2.04 bits per heavy atom. The van der Waals surface area contributed by atoms with Gasteiger partial charge in [-0.15, -0.1) is 0 Å². The molecule has 1 saturated heterocycles. The van der Waals surface area contributed by atoms with E-state index >= 15 is 0 Å². The Bertz CT molecular complexity index is 428. The number of nitroso groups, excluding NO2 is 1. The zero-order valence-corrected chi connectivity index (χ0v) is 13.8. The van der Waals surface area contributed by atoms with Crippen LogP contribution < -0.4 is 27.0 Å². The molecule has 3 fully saturated rings. The number of nitrogens with zero attached hydrogens (tertiary/aromatic N) is 1. The molecule has 0 spiro atoms. The zero-order valence-electron chi connectivity index (χ0n) is 13.8. The van der Waals surface area contributed by atoms with E-state index in [1.165, 1.54) is 0 Å². The molecule has 0 radical (unpaired) electrons. The van der Waals surface area contributed by atoms with Gasteiger partial charge in [-0.25, -0.2) is 10.4 Å². The standard InChI is InChI=1S/C15H28N6O2/c1-10-13(6-3-7-14(10)18-23)15(22)17-11-4-2-5-12(8-11)21-9-16-19-20-21/h10-14,16,19-20H,2-9H2,1H3,(H,17,22)/p+1. The van der Waals surface area contributed by atoms with Crippen LogP contribution in [-0.2, 0) is 4.79 Å². The van der Waals surface area contributed by atoms with Crippen molar-refractivity contribution < 1.29 is 9.97 Å². The molecule has 23 heavy (non-hydrogen) atoms. The number of nitrogens with one attached hydrogen (secondary N) is 5. The lowest BCUT2D eigenvalue weighted by molar-refractivity contribution is -0.539. The largest absolute Gasteiger partial charge is 0.353 e. The fourth-order valence-corrected chi connectivity index (χ4v) is 4.28. The van der Waals surface area contributed by atoms with Gasteiger partial charge in [-0.1, -0.05) is 6.92 Å². The summed E-state index contributed by atoms with van der Waals surface area (Å²) in [6, 6.07) is 0.581. The Balaban J connectivity index is 1.53. The highest BCUT2D eigenvalue weighted by molar-refractivity contribution is 5.79. The van der Waals surface area contributed by atoms with Gasteiger partial charge in [0.25, 0.3) is 0 Å². The van der Waals surface area contributed by atoms with E-state index in [1.54, 1.807) is 0 Å². The molecule has 3 rings (SSSR count). The van der Waals surface area contributed by atoms with Crippen molar-refractivity contribution in [2.45, 2.75) is 70.0 Å². The fraction of sp³-hybridized carbons (Fsp3) is 0.933. The second-order valence-corrected chi connectivity index (χ2v) is 7.19. The predicted molar refractivity (Wildman–Crippen MR) is 84.9 cm³/mol. The Morgan fingerprint density at radius 3 is 2.78 bits per heavy atom. The van der Waals surface area contributed by atoms with Gasteiger partial charge in [0.1, 0.15) is 0 Å². The maximum atomic E-state index is 12.7. The lowest BCUT2D eigenvalue weighted by atomic mass is 9.76. The van der Waals surface area contributed by atoms with Gasteiger partial charge in [0.2, 0.25) is 11.9 Å². The fourth-order valence-electron chi connectivity index (χ4n) is 4.28. The van der Waals surface area contributed by atoms with Crippen molar-refractivity contribution in [3.63, 3.8) is 0 Å². The van der Waals surface area contributed by atoms with Gasteiger partial charge in [-0.2, -0.15) is 11.1 Å². The Hall–Kier alpha value is -1.09. The highest BCUT2D eigenvalue weighted by Crippen LogP contribution is 2.29. The van der Waals surface area contributed by atoms with Crippen LogP contribution >= 0.6 is 0 Å². The molecule has 130 valence electrons. The third-order valence-corrected chi connectivity index (χ3v) is 5.76. The summed E-state index contributed by atoms with van der Waals surface area (Å²) >= 11 is 0.